The van der Waals surface area contributed by atoms with Crippen molar-refractivity contribution in [1.82, 2.24) is 5.32 Å². The van der Waals surface area contributed by atoms with Gasteiger partial charge in [-0.2, -0.15) is 11.8 Å². The molecule has 7 nitrogen and oxygen atoms in total. The van der Waals surface area contributed by atoms with Crippen LogP contribution in [-0.2, 0) is 0 Å². The largest absolute Gasteiger partial charge is 0.348 e. The molecule has 1 atom stereocenters. The molecule has 1 rings (SSSR count). The fourth-order valence-electron chi connectivity index (χ4n) is 1.69. The van der Waals surface area contributed by atoms with Crippen molar-refractivity contribution in [2.24, 2.45) is 5.84 Å². The van der Waals surface area contributed by atoms with Crippen molar-refractivity contribution in [3.8, 4) is 0 Å². The number of anilines is 1. The van der Waals surface area contributed by atoms with Crippen molar-refractivity contribution < 1.29 is 9.72 Å². The van der Waals surface area contributed by atoms with Crippen molar-refractivity contribution in [2.45, 2.75) is 19.4 Å². The van der Waals surface area contributed by atoms with Crippen LogP contribution in [0.25, 0.3) is 0 Å². The van der Waals surface area contributed by atoms with Gasteiger partial charge in [-0.25, -0.2) is 0 Å². The van der Waals surface area contributed by atoms with Crippen molar-refractivity contribution in [3.63, 3.8) is 0 Å². The minimum Gasteiger partial charge on any atom is -0.348 e. The van der Waals surface area contributed by atoms with Gasteiger partial charge in [0.2, 0.25) is 0 Å². The molecule has 0 saturated carbocycles. The lowest BCUT2D eigenvalue weighted by Crippen LogP contribution is -2.36. The summed E-state index contributed by atoms with van der Waals surface area (Å²) in [7, 11) is 0. The number of nitro groups is 1. The maximum Gasteiger partial charge on any atom is 0.282 e. The second-order valence-electron chi connectivity index (χ2n) is 4.17. The Morgan fingerprint density at radius 1 is 1.55 bits per heavy atom. The summed E-state index contributed by atoms with van der Waals surface area (Å²) >= 11 is 1.61. The van der Waals surface area contributed by atoms with Crippen LogP contribution in [-0.4, -0.2) is 28.9 Å². The lowest BCUT2D eigenvalue weighted by molar-refractivity contribution is -0.385. The lowest BCUT2D eigenvalue weighted by atomic mass is 10.1. The van der Waals surface area contributed by atoms with Gasteiger partial charge in [0.05, 0.1) is 4.92 Å². The standard InChI is InChI=1S/C12H18N4O3S/c1-3-8(7-20-2)14-12(17)10-6-9(15-13)4-5-11(10)16(18)19/h4-6,8,15H,3,7,13H2,1-2H3,(H,14,17). The highest BCUT2D eigenvalue weighted by atomic mass is 32.2. The molecule has 1 aromatic carbocycles. The average molecular weight is 298 g/mol. The van der Waals surface area contributed by atoms with E-state index in [1.54, 1.807) is 11.8 Å². The number of carbonyl (C=O) groups excluding carboxylic acids is 1. The Hall–Kier alpha value is -1.80. The van der Waals surface area contributed by atoms with Crippen LogP contribution in [0.1, 0.15) is 23.7 Å². The Bertz CT molecular complexity index is 496. The third kappa shape index (κ3) is 4.10. The second kappa shape index (κ2) is 7.71. The molecule has 0 aliphatic rings. The van der Waals surface area contributed by atoms with Gasteiger partial charge in [-0.1, -0.05) is 6.92 Å². The third-order valence-corrected chi connectivity index (χ3v) is 3.54. The molecule has 0 radical (unpaired) electrons. The molecular formula is C12H18N4O3S. The molecule has 20 heavy (non-hydrogen) atoms. The van der Waals surface area contributed by atoms with Crippen LogP contribution < -0.4 is 16.6 Å². The van der Waals surface area contributed by atoms with E-state index in [-0.39, 0.29) is 17.3 Å². The maximum absolute atomic E-state index is 12.2. The number of rotatable bonds is 7. The summed E-state index contributed by atoms with van der Waals surface area (Å²) in [4.78, 5) is 22.6. The summed E-state index contributed by atoms with van der Waals surface area (Å²) in [6.07, 6.45) is 2.70. The maximum atomic E-state index is 12.2. The van der Waals surface area contributed by atoms with Gasteiger partial charge >= 0.3 is 0 Å². The van der Waals surface area contributed by atoms with Crippen LogP contribution in [0.4, 0.5) is 11.4 Å². The van der Waals surface area contributed by atoms with Crippen molar-refractivity contribution in [3.05, 3.63) is 33.9 Å². The van der Waals surface area contributed by atoms with Gasteiger partial charge in [-0.3, -0.25) is 20.8 Å². The summed E-state index contributed by atoms with van der Waals surface area (Å²) in [6.45, 7) is 1.95. The molecule has 0 fully saturated rings. The molecule has 1 amide bonds. The zero-order valence-corrected chi connectivity index (χ0v) is 12.2. The Morgan fingerprint density at radius 3 is 2.75 bits per heavy atom. The van der Waals surface area contributed by atoms with Gasteiger partial charge in [0.25, 0.3) is 11.6 Å². The zero-order valence-electron chi connectivity index (χ0n) is 11.4. The van der Waals surface area contributed by atoms with Crippen LogP contribution in [0, 0.1) is 10.1 Å². The van der Waals surface area contributed by atoms with Gasteiger partial charge in [0.1, 0.15) is 5.56 Å². The van der Waals surface area contributed by atoms with E-state index in [1.165, 1.54) is 18.2 Å². The van der Waals surface area contributed by atoms with E-state index in [0.717, 1.165) is 12.2 Å². The molecule has 0 aliphatic carbocycles. The number of nitrogens with zero attached hydrogens (tertiary/aromatic N) is 1. The highest BCUT2D eigenvalue weighted by Crippen LogP contribution is 2.22. The van der Waals surface area contributed by atoms with Crippen molar-refractivity contribution in [2.75, 3.05) is 17.4 Å². The van der Waals surface area contributed by atoms with Crippen LogP contribution in [0.3, 0.4) is 0 Å². The van der Waals surface area contributed by atoms with Gasteiger partial charge in [0, 0.05) is 23.5 Å². The molecule has 1 aromatic rings. The Kier molecular flexibility index (Phi) is 6.26. The van der Waals surface area contributed by atoms with Crippen LogP contribution in [0.15, 0.2) is 18.2 Å². The van der Waals surface area contributed by atoms with Gasteiger partial charge in [-0.15, -0.1) is 0 Å². The average Bonchev–Trinajstić information content (AvgIpc) is 2.45. The first-order valence-electron chi connectivity index (χ1n) is 6.08. The Labute approximate surface area is 121 Å². The summed E-state index contributed by atoms with van der Waals surface area (Å²) in [5.74, 6) is 5.56. The number of nitrogen functional groups attached to an aromatic ring is 1. The minimum absolute atomic E-state index is 0.00463. The van der Waals surface area contributed by atoms with E-state index in [9.17, 15) is 14.9 Å². The topological polar surface area (TPSA) is 110 Å². The number of benzene rings is 1. The molecule has 8 heteroatoms. The van der Waals surface area contributed by atoms with Gasteiger partial charge in [-0.05, 0) is 24.8 Å². The second-order valence-corrected chi connectivity index (χ2v) is 5.08. The molecule has 0 aliphatic heterocycles. The van der Waals surface area contributed by atoms with E-state index in [1.807, 2.05) is 13.2 Å². The molecule has 4 N–H and O–H groups in total. The fourth-order valence-corrected chi connectivity index (χ4v) is 2.41. The molecule has 110 valence electrons. The normalized spacial score (nSPS) is 11.8. The predicted molar refractivity (Wildman–Crippen MR) is 80.8 cm³/mol. The first-order chi connectivity index (χ1) is 9.53. The molecule has 0 bridgehead atoms. The molecule has 0 heterocycles. The number of nitrogens with two attached hydrogens (primary N) is 1. The first-order valence-corrected chi connectivity index (χ1v) is 7.47. The number of nitro benzene ring substituents is 1. The van der Waals surface area contributed by atoms with E-state index in [4.69, 9.17) is 5.84 Å². The summed E-state index contributed by atoms with van der Waals surface area (Å²) < 4.78 is 0. The predicted octanol–water partition coefficient (Wildman–Crippen LogP) is 1.75. The number of hydrogen-bond donors (Lipinski definition) is 3. The highest BCUT2D eigenvalue weighted by molar-refractivity contribution is 7.98. The fraction of sp³-hybridized carbons (Fsp3) is 0.417. The lowest BCUT2D eigenvalue weighted by Gasteiger charge is -2.16. The number of thioether (sulfide) groups is 1. The number of amides is 1. The number of hydrogen-bond acceptors (Lipinski definition) is 6. The van der Waals surface area contributed by atoms with Gasteiger partial charge in [0.15, 0.2) is 0 Å². The summed E-state index contributed by atoms with van der Waals surface area (Å²) in [5.41, 5.74) is 2.59. The van der Waals surface area contributed by atoms with E-state index < -0.39 is 10.8 Å². The third-order valence-electron chi connectivity index (χ3n) is 2.80. The Morgan fingerprint density at radius 2 is 2.25 bits per heavy atom. The van der Waals surface area contributed by atoms with E-state index in [2.05, 4.69) is 10.7 Å². The quantitative estimate of drug-likeness (QED) is 0.402. The number of carbonyl (C=O) groups is 1. The number of nitrogens with one attached hydrogen (secondary N) is 2. The monoisotopic (exact) mass is 298 g/mol. The summed E-state index contributed by atoms with van der Waals surface area (Å²) in [5, 5.41) is 13.8. The molecule has 0 saturated heterocycles. The number of hydrazine groups is 1. The summed E-state index contributed by atoms with van der Waals surface area (Å²) in [6, 6.07) is 4.07. The highest BCUT2D eigenvalue weighted by Gasteiger charge is 2.22. The van der Waals surface area contributed by atoms with E-state index in [0.29, 0.717) is 5.69 Å². The smallest absolute Gasteiger partial charge is 0.282 e. The minimum atomic E-state index is -0.579. The molecule has 0 spiro atoms. The Balaban J connectivity index is 3.03. The van der Waals surface area contributed by atoms with Crippen molar-refractivity contribution in [1.29, 1.82) is 0 Å². The van der Waals surface area contributed by atoms with E-state index >= 15 is 0 Å². The zero-order chi connectivity index (χ0) is 15.1. The van der Waals surface area contributed by atoms with Crippen LogP contribution in [0.2, 0.25) is 0 Å². The molecule has 1 unspecified atom stereocenters. The van der Waals surface area contributed by atoms with Crippen LogP contribution >= 0.6 is 11.8 Å². The van der Waals surface area contributed by atoms with Gasteiger partial charge < -0.3 is 10.7 Å². The first kappa shape index (κ1) is 16.3. The molecule has 0 aromatic heterocycles. The van der Waals surface area contributed by atoms with Crippen molar-refractivity contribution >= 4 is 29.0 Å². The molecular weight excluding hydrogens is 280 g/mol. The van der Waals surface area contributed by atoms with Crippen LogP contribution in [0.5, 0.6) is 0 Å². The SMILES string of the molecule is CCC(CSC)NC(=O)c1cc(NN)ccc1[N+](=O)[O-].